The summed E-state index contributed by atoms with van der Waals surface area (Å²) in [5, 5.41) is 11.7. The van der Waals surface area contributed by atoms with Crippen LogP contribution in [0.4, 0.5) is 0 Å². The summed E-state index contributed by atoms with van der Waals surface area (Å²) in [6, 6.07) is 10.2. The number of methoxy groups -OCH3 is 1. The van der Waals surface area contributed by atoms with Crippen LogP contribution in [-0.4, -0.2) is 46.7 Å². The average molecular weight is 348 g/mol. The van der Waals surface area contributed by atoms with Gasteiger partial charge in [0.25, 0.3) is 0 Å². The van der Waals surface area contributed by atoms with E-state index in [1.165, 1.54) is 17.3 Å². The first kappa shape index (κ1) is 18.5. The van der Waals surface area contributed by atoms with E-state index in [9.17, 15) is 4.79 Å². The number of thioether (sulfide) groups is 1. The van der Waals surface area contributed by atoms with Gasteiger partial charge in [-0.05, 0) is 17.9 Å². The highest BCUT2D eigenvalue weighted by atomic mass is 32.2. The third kappa shape index (κ3) is 5.98. The molecule has 0 aliphatic heterocycles. The minimum absolute atomic E-state index is 0.00854. The molecule has 1 atom stereocenters. The molecule has 7 heteroatoms. The maximum Gasteiger partial charge on any atom is 0.230 e. The third-order valence-electron chi connectivity index (χ3n) is 3.63. The van der Waals surface area contributed by atoms with Gasteiger partial charge in [0.1, 0.15) is 6.33 Å². The first-order valence-corrected chi connectivity index (χ1v) is 9.00. The Hall–Kier alpha value is -1.86. The second-order valence-electron chi connectivity index (χ2n) is 5.56. The van der Waals surface area contributed by atoms with Gasteiger partial charge in [0.05, 0.1) is 5.75 Å². The van der Waals surface area contributed by atoms with Gasteiger partial charge in [-0.1, -0.05) is 49.0 Å². The number of ether oxygens (including phenoxy) is 1. The number of aryl methyl sites for hydroxylation is 1. The molecule has 2 aromatic rings. The molecule has 0 radical (unpaired) electrons. The Kier molecular flexibility index (Phi) is 7.77. The van der Waals surface area contributed by atoms with Crippen LogP contribution in [0.5, 0.6) is 0 Å². The van der Waals surface area contributed by atoms with Crippen molar-refractivity contribution in [1.29, 1.82) is 0 Å². The number of nitrogens with zero attached hydrogens (tertiary/aromatic N) is 3. The van der Waals surface area contributed by atoms with Gasteiger partial charge in [-0.2, -0.15) is 0 Å². The summed E-state index contributed by atoms with van der Waals surface area (Å²) in [7, 11) is 1.68. The van der Waals surface area contributed by atoms with Gasteiger partial charge in [-0.25, -0.2) is 0 Å². The predicted octanol–water partition coefficient (Wildman–Crippen LogP) is 2.33. The van der Waals surface area contributed by atoms with E-state index in [0.29, 0.717) is 18.9 Å². The highest BCUT2D eigenvalue weighted by Crippen LogP contribution is 2.16. The van der Waals surface area contributed by atoms with Crippen LogP contribution in [0.3, 0.4) is 0 Å². The molecular formula is C17H24N4O2S. The molecule has 1 amide bonds. The number of carbonyl (C=O) groups excluding carboxylic acids is 1. The molecule has 0 saturated heterocycles. The van der Waals surface area contributed by atoms with E-state index in [2.05, 4.69) is 34.6 Å². The van der Waals surface area contributed by atoms with E-state index in [-0.39, 0.29) is 11.8 Å². The maximum absolute atomic E-state index is 12.0. The molecule has 24 heavy (non-hydrogen) atoms. The number of rotatable bonds is 10. The van der Waals surface area contributed by atoms with Crippen LogP contribution in [0.15, 0.2) is 41.8 Å². The standard InChI is InChI=1S/C17H24N4O2S/c1-14(15-7-4-3-5-8-15)11-18-16(22)12-24-17-20-19-13-21(17)9-6-10-23-2/h3-5,7-8,13-14H,6,9-12H2,1-2H3,(H,18,22)/t14-/m1/s1. The molecule has 0 fully saturated rings. The Balaban J connectivity index is 1.72. The van der Waals surface area contributed by atoms with Gasteiger partial charge in [-0.3, -0.25) is 4.79 Å². The van der Waals surface area contributed by atoms with E-state index in [1.807, 2.05) is 22.8 Å². The van der Waals surface area contributed by atoms with Crippen LogP contribution >= 0.6 is 11.8 Å². The van der Waals surface area contributed by atoms with E-state index in [0.717, 1.165) is 18.1 Å². The number of aromatic nitrogens is 3. The van der Waals surface area contributed by atoms with Crippen molar-refractivity contribution < 1.29 is 9.53 Å². The zero-order chi connectivity index (χ0) is 17.2. The number of hydrogen-bond donors (Lipinski definition) is 1. The molecule has 1 aromatic carbocycles. The Labute approximate surface area is 147 Å². The predicted molar refractivity (Wildman–Crippen MR) is 95.1 cm³/mol. The summed E-state index contributed by atoms with van der Waals surface area (Å²) in [4.78, 5) is 12.0. The van der Waals surface area contributed by atoms with Gasteiger partial charge in [0.2, 0.25) is 5.91 Å². The lowest BCUT2D eigenvalue weighted by Crippen LogP contribution is -2.29. The molecular weight excluding hydrogens is 324 g/mol. The molecule has 0 bridgehead atoms. The summed E-state index contributed by atoms with van der Waals surface area (Å²) in [6.07, 6.45) is 2.58. The van der Waals surface area contributed by atoms with Crippen LogP contribution in [0.25, 0.3) is 0 Å². The Morgan fingerprint density at radius 2 is 2.17 bits per heavy atom. The second-order valence-corrected chi connectivity index (χ2v) is 6.50. The molecule has 1 heterocycles. The van der Waals surface area contributed by atoms with E-state index >= 15 is 0 Å². The topological polar surface area (TPSA) is 69.0 Å². The monoisotopic (exact) mass is 348 g/mol. The van der Waals surface area contributed by atoms with Gasteiger partial charge in [-0.15, -0.1) is 10.2 Å². The van der Waals surface area contributed by atoms with Crippen molar-refractivity contribution in [3.05, 3.63) is 42.2 Å². The molecule has 0 saturated carbocycles. The fourth-order valence-electron chi connectivity index (χ4n) is 2.24. The Morgan fingerprint density at radius 1 is 1.38 bits per heavy atom. The maximum atomic E-state index is 12.0. The molecule has 1 aromatic heterocycles. The van der Waals surface area contributed by atoms with Crippen molar-refractivity contribution in [2.75, 3.05) is 26.0 Å². The van der Waals surface area contributed by atoms with E-state index < -0.39 is 0 Å². The highest BCUT2D eigenvalue weighted by molar-refractivity contribution is 7.99. The van der Waals surface area contributed by atoms with Crippen molar-refractivity contribution in [3.8, 4) is 0 Å². The lowest BCUT2D eigenvalue weighted by atomic mass is 10.0. The first-order chi connectivity index (χ1) is 11.7. The van der Waals surface area contributed by atoms with Gasteiger partial charge >= 0.3 is 0 Å². The van der Waals surface area contributed by atoms with Gasteiger partial charge in [0, 0.05) is 26.8 Å². The fraction of sp³-hybridized carbons (Fsp3) is 0.471. The lowest BCUT2D eigenvalue weighted by Gasteiger charge is -2.13. The van der Waals surface area contributed by atoms with E-state index in [4.69, 9.17) is 4.74 Å². The smallest absolute Gasteiger partial charge is 0.230 e. The van der Waals surface area contributed by atoms with Crippen molar-refractivity contribution in [1.82, 2.24) is 20.1 Å². The summed E-state index contributed by atoms with van der Waals surface area (Å²) >= 11 is 1.40. The number of hydrogen-bond acceptors (Lipinski definition) is 5. The second kappa shape index (κ2) is 10.1. The molecule has 130 valence electrons. The normalized spacial score (nSPS) is 12.1. The Morgan fingerprint density at radius 3 is 2.92 bits per heavy atom. The number of carbonyl (C=O) groups is 1. The van der Waals surface area contributed by atoms with Crippen molar-refractivity contribution in [2.24, 2.45) is 0 Å². The van der Waals surface area contributed by atoms with Crippen LogP contribution < -0.4 is 5.32 Å². The Bertz CT molecular complexity index is 618. The van der Waals surface area contributed by atoms with E-state index in [1.54, 1.807) is 13.4 Å². The van der Waals surface area contributed by atoms with Crippen LogP contribution in [0, 0.1) is 0 Å². The average Bonchev–Trinajstić information content (AvgIpc) is 3.06. The number of nitrogens with one attached hydrogen (secondary N) is 1. The van der Waals surface area contributed by atoms with Crippen LogP contribution in [-0.2, 0) is 16.1 Å². The summed E-state index contributed by atoms with van der Waals surface area (Å²) in [5.41, 5.74) is 1.23. The molecule has 0 spiro atoms. The zero-order valence-electron chi connectivity index (χ0n) is 14.1. The molecule has 0 unspecified atom stereocenters. The van der Waals surface area contributed by atoms with Gasteiger partial charge < -0.3 is 14.6 Å². The summed E-state index contributed by atoms with van der Waals surface area (Å²) in [5.74, 6) is 0.636. The number of amides is 1. The largest absolute Gasteiger partial charge is 0.385 e. The summed E-state index contributed by atoms with van der Waals surface area (Å²) < 4.78 is 6.99. The van der Waals surface area contributed by atoms with Crippen LogP contribution in [0.2, 0.25) is 0 Å². The molecule has 2 rings (SSSR count). The highest BCUT2D eigenvalue weighted by Gasteiger charge is 2.10. The molecule has 0 aliphatic carbocycles. The molecule has 1 N–H and O–H groups in total. The minimum atomic E-state index is 0.00854. The first-order valence-electron chi connectivity index (χ1n) is 8.02. The SMILES string of the molecule is COCCCn1cnnc1SCC(=O)NC[C@@H](C)c1ccccc1. The van der Waals surface area contributed by atoms with Crippen molar-refractivity contribution >= 4 is 17.7 Å². The van der Waals surface area contributed by atoms with Gasteiger partial charge in [0.15, 0.2) is 5.16 Å². The minimum Gasteiger partial charge on any atom is -0.385 e. The fourth-order valence-corrected chi connectivity index (χ4v) is 3.01. The van der Waals surface area contributed by atoms with Crippen molar-refractivity contribution in [2.45, 2.75) is 31.0 Å². The summed E-state index contributed by atoms with van der Waals surface area (Å²) in [6.45, 7) is 4.22. The number of benzene rings is 1. The van der Waals surface area contributed by atoms with Crippen molar-refractivity contribution in [3.63, 3.8) is 0 Å². The zero-order valence-corrected chi connectivity index (χ0v) is 15.0. The molecule has 0 aliphatic rings. The third-order valence-corrected chi connectivity index (χ3v) is 4.61. The van der Waals surface area contributed by atoms with Crippen LogP contribution in [0.1, 0.15) is 24.8 Å². The molecule has 6 nitrogen and oxygen atoms in total. The quantitative estimate of drug-likeness (QED) is 0.527. The lowest BCUT2D eigenvalue weighted by molar-refractivity contribution is -0.118.